The molecule has 0 saturated carbocycles. The van der Waals surface area contributed by atoms with Crippen molar-refractivity contribution in [2.75, 3.05) is 10.6 Å². The van der Waals surface area contributed by atoms with Crippen molar-refractivity contribution in [1.29, 1.82) is 0 Å². The Morgan fingerprint density at radius 1 is 1.28 bits per heavy atom. The van der Waals surface area contributed by atoms with Gasteiger partial charge in [0.25, 0.3) is 0 Å². The smallest absolute Gasteiger partial charge is 0.224 e. The Morgan fingerprint density at radius 3 is 2.50 bits per heavy atom. The molecule has 0 heterocycles. The molecule has 0 aliphatic heterocycles. The van der Waals surface area contributed by atoms with Gasteiger partial charge in [0.1, 0.15) is 5.82 Å². The molecule has 0 saturated heterocycles. The maximum absolute atomic E-state index is 13.5. The molecule has 0 aromatic heterocycles. The van der Waals surface area contributed by atoms with Crippen LogP contribution in [0.5, 0.6) is 0 Å². The van der Waals surface area contributed by atoms with Gasteiger partial charge in [-0.05, 0) is 24.1 Å². The van der Waals surface area contributed by atoms with E-state index in [1.807, 2.05) is 13.8 Å². The topological polar surface area (TPSA) is 58.2 Å². The summed E-state index contributed by atoms with van der Waals surface area (Å²) in [4.78, 5) is 22.4. The van der Waals surface area contributed by atoms with E-state index in [1.165, 1.54) is 25.1 Å². The molecule has 5 heteroatoms. The molecule has 1 aromatic carbocycles. The van der Waals surface area contributed by atoms with E-state index in [0.717, 1.165) is 0 Å². The van der Waals surface area contributed by atoms with Crippen molar-refractivity contribution in [3.63, 3.8) is 0 Å². The summed E-state index contributed by atoms with van der Waals surface area (Å²) in [5.41, 5.74) is 0.524. The molecule has 98 valence electrons. The van der Waals surface area contributed by atoms with Crippen molar-refractivity contribution >= 4 is 23.2 Å². The second-order valence-electron chi connectivity index (χ2n) is 4.52. The minimum atomic E-state index is -0.527. The van der Waals surface area contributed by atoms with Crippen molar-refractivity contribution < 1.29 is 14.0 Å². The summed E-state index contributed by atoms with van der Waals surface area (Å²) in [6.45, 7) is 5.17. The van der Waals surface area contributed by atoms with Crippen molar-refractivity contribution in [2.45, 2.75) is 27.2 Å². The number of amides is 2. The molecule has 2 N–H and O–H groups in total. The Morgan fingerprint density at radius 2 is 1.94 bits per heavy atom. The summed E-state index contributed by atoms with van der Waals surface area (Å²) in [6.07, 6.45) is 0.323. The zero-order valence-corrected chi connectivity index (χ0v) is 10.7. The third kappa shape index (κ3) is 4.53. The van der Waals surface area contributed by atoms with Crippen LogP contribution in [0.1, 0.15) is 27.2 Å². The van der Waals surface area contributed by atoms with Gasteiger partial charge in [-0.2, -0.15) is 0 Å². The van der Waals surface area contributed by atoms with Crippen LogP contribution in [0.2, 0.25) is 0 Å². The summed E-state index contributed by atoms with van der Waals surface area (Å²) >= 11 is 0. The van der Waals surface area contributed by atoms with Crippen molar-refractivity contribution in [1.82, 2.24) is 0 Å². The number of anilines is 2. The first-order valence-electron chi connectivity index (χ1n) is 5.75. The van der Waals surface area contributed by atoms with Crippen LogP contribution in [-0.2, 0) is 9.59 Å². The summed E-state index contributed by atoms with van der Waals surface area (Å²) in [7, 11) is 0. The van der Waals surface area contributed by atoms with Crippen LogP contribution in [0, 0.1) is 11.7 Å². The van der Waals surface area contributed by atoms with Gasteiger partial charge in [0.05, 0.1) is 5.69 Å². The van der Waals surface area contributed by atoms with Crippen LogP contribution in [0.25, 0.3) is 0 Å². The third-order valence-corrected chi connectivity index (χ3v) is 2.15. The fraction of sp³-hybridized carbons (Fsp3) is 0.385. The predicted octanol–water partition coefficient (Wildman–Crippen LogP) is 2.77. The van der Waals surface area contributed by atoms with E-state index < -0.39 is 5.82 Å². The van der Waals surface area contributed by atoms with Gasteiger partial charge in [0.2, 0.25) is 11.8 Å². The van der Waals surface area contributed by atoms with Crippen LogP contribution in [0.15, 0.2) is 18.2 Å². The van der Waals surface area contributed by atoms with Gasteiger partial charge in [-0.15, -0.1) is 0 Å². The van der Waals surface area contributed by atoms with E-state index in [9.17, 15) is 14.0 Å². The maximum atomic E-state index is 13.5. The number of carbonyl (C=O) groups is 2. The lowest BCUT2D eigenvalue weighted by molar-refractivity contribution is -0.117. The molecular formula is C13H17FN2O2. The summed E-state index contributed by atoms with van der Waals surface area (Å²) in [5, 5.41) is 5.02. The molecule has 0 spiro atoms. The van der Waals surface area contributed by atoms with Gasteiger partial charge in [-0.25, -0.2) is 4.39 Å². The molecule has 0 unspecified atom stereocenters. The first-order valence-corrected chi connectivity index (χ1v) is 5.75. The van der Waals surface area contributed by atoms with Gasteiger partial charge in [0.15, 0.2) is 0 Å². The first-order chi connectivity index (χ1) is 8.38. The molecule has 0 fully saturated rings. The van der Waals surface area contributed by atoms with Gasteiger partial charge in [0, 0.05) is 19.0 Å². The SMILES string of the molecule is CC(=O)Nc1ccc(F)c(NC(=O)CC(C)C)c1. The highest BCUT2D eigenvalue weighted by atomic mass is 19.1. The number of carbonyl (C=O) groups excluding carboxylic acids is 2. The Balaban J connectivity index is 2.80. The average molecular weight is 252 g/mol. The Bertz CT molecular complexity index is 458. The fourth-order valence-electron chi connectivity index (χ4n) is 1.47. The van der Waals surface area contributed by atoms with Crippen LogP contribution in [0.3, 0.4) is 0 Å². The molecule has 2 amide bonds. The summed E-state index contributed by atoms with van der Waals surface area (Å²) in [6, 6.07) is 4.04. The molecule has 0 atom stereocenters. The van der Waals surface area contributed by atoms with Crippen LogP contribution in [-0.4, -0.2) is 11.8 Å². The number of benzene rings is 1. The zero-order chi connectivity index (χ0) is 13.7. The van der Waals surface area contributed by atoms with Gasteiger partial charge < -0.3 is 10.6 Å². The summed E-state index contributed by atoms with van der Waals surface area (Å²) in [5.74, 6) is -0.822. The van der Waals surface area contributed by atoms with Gasteiger partial charge >= 0.3 is 0 Å². The lowest BCUT2D eigenvalue weighted by Crippen LogP contribution is -2.15. The van der Waals surface area contributed by atoms with Crippen molar-refractivity contribution in [3.05, 3.63) is 24.0 Å². The maximum Gasteiger partial charge on any atom is 0.224 e. The monoisotopic (exact) mass is 252 g/mol. The number of halogens is 1. The molecule has 0 aliphatic carbocycles. The normalized spacial score (nSPS) is 10.3. The number of nitrogens with one attached hydrogen (secondary N) is 2. The molecule has 0 bridgehead atoms. The van der Waals surface area contributed by atoms with E-state index in [4.69, 9.17) is 0 Å². The number of rotatable bonds is 4. The Hall–Kier alpha value is -1.91. The van der Waals surface area contributed by atoms with Crippen LogP contribution in [0.4, 0.5) is 15.8 Å². The standard InChI is InChI=1S/C13H17FN2O2/c1-8(2)6-13(18)16-12-7-10(15-9(3)17)4-5-11(12)14/h4-5,7-8H,6H2,1-3H3,(H,15,17)(H,16,18). The second-order valence-corrected chi connectivity index (χ2v) is 4.52. The highest BCUT2D eigenvalue weighted by Gasteiger charge is 2.09. The minimum Gasteiger partial charge on any atom is -0.326 e. The Kier molecular flexibility index (Phi) is 4.83. The average Bonchev–Trinajstić information content (AvgIpc) is 2.21. The lowest BCUT2D eigenvalue weighted by atomic mass is 10.1. The second kappa shape index (κ2) is 6.14. The lowest BCUT2D eigenvalue weighted by Gasteiger charge is -2.10. The fourth-order valence-corrected chi connectivity index (χ4v) is 1.47. The molecule has 0 radical (unpaired) electrons. The Labute approximate surface area is 106 Å². The minimum absolute atomic E-state index is 0.0758. The third-order valence-electron chi connectivity index (χ3n) is 2.15. The van der Waals surface area contributed by atoms with Crippen molar-refractivity contribution in [3.8, 4) is 0 Å². The highest BCUT2D eigenvalue weighted by Crippen LogP contribution is 2.20. The molecular weight excluding hydrogens is 235 g/mol. The van der Waals surface area contributed by atoms with Gasteiger partial charge in [-0.3, -0.25) is 9.59 Å². The zero-order valence-electron chi connectivity index (χ0n) is 10.7. The number of hydrogen-bond acceptors (Lipinski definition) is 2. The summed E-state index contributed by atoms with van der Waals surface area (Å²) < 4.78 is 13.5. The molecule has 1 rings (SSSR count). The van der Waals surface area contributed by atoms with Crippen molar-refractivity contribution in [2.24, 2.45) is 5.92 Å². The highest BCUT2D eigenvalue weighted by molar-refractivity contribution is 5.93. The van der Waals surface area contributed by atoms with E-state index in [1.54, 1.807) is 0 Å². The van der Waals surface area contributed by atoms with Gasteiger partial charge in [-0.1, -0.05) is 13.8 Å². The quantitative estimate of drug-likeness (QED) is 0.865. The van der Waals surface area contributed by atoms with Crippen LogP contribution >= 0.6 is 0 Å². The number of hydrogen-bond donors (Lipinski definition) is 2. The van der Waals surface area contributed by atoms with Crippen LogP contribution < -0.4 is 10.6 Å². The van der Waals surface area contributed by atoms with E-state index in [-0.39, 0.29) is 23.4 Å². The molecule has 18 heavy (non-hydrogen) atoms. The van der Waals surface area contributed by atoms with E-state index >= 15 is 0 Å². The predicted molar refractivity (Wildman–Crippen MR) is 68.8 cm³/mol. The first kappa shape index (κ1) is 14.2. The largest absolute Gasteiger partial charge is 0.326 e. The molecule has 1 aromatic rings. The molecule has 4 nitrogen and oxygen atoms in total. The van der Waals surface area contributed by atoms with E-state index in [0.29, 0.717) is 12.1 Å². The molecule has 0 aliphatic rings. The van der Waals surface area contributed by atoms with E-state index in [2.05, 4.69) is 10.6 Å².